The minimum Gasteiger partial charge on any atom is -0.463 e. The number of hydrogen-bond donors (Lipinski definition) is 3. The summed E-state index contributed by atoms with van der Waals surface area (Å²) < 4.78 is 26.9. The molecule has 2 atom stereocenters. The molecule has 0 aliphatic carbocycles. The van der Waals surface area contributed by atoms with E-state index in [0.29, 0.717) is 6.42 Å². The third-order valence-electron chi connectivity index (χ3n) is 9.58. The Morgan fingerprint density at radius 2 is 1.04 bits per heavy atom. The predicted octanol–water partition coefficient (Wildman–Crippen LogP) is 12.6. The molecule has 55 heavy (non-hydrogen) atoms. The van der Waals surface area contributed by atoms with Crippen LogP contribution < -0.4 is 5.32 Å². The second kappa shape index (κ2) is 41.9. The van der Waals surface area contributed by atoms with Crippen molar-refractivity contribution >= 4 is 19.7 Å². The number of unbranched alkanes of at least 4 members (excludes halogenated alkanes) is 23. The summed E-state index contributed by atoms with van der Waals surface area (Å²) in [6, 6.07) is 0. The Labute approximate surface area is 337 Å². The van der Waals surface area contributed by atoms with E-state index >= 15 is 0 Å². The molecule has 0 saturated carbocycles. The van der Waals surface area contributed by atoms with Crippen LogP contribution in [0.2, 0.25) is 0 Å². The Balaban J connectivity index is 3.58. The van der Waals surface area contributed by atoms with Gasteiger partial charge in [-0.25, -0.2) is 4.57 Å². The Kier molecular flexibility index (Phi) is 40.5. The minimum absolute atomic E-state index is 0.0728. The molecule has 1 amide bonds. The normalized spacial score (nSPS) is 13.6. The highest BCUT2D eigenvalue weighted by Gasteiger charge is 2.23. The largest absolute Gasteiger partial charge is 0.472 e. The number of esters is 1. The molecule has 3 N–H and O–H groups in total. The van der Waals surface area contributed by atoms with E-state index in [1.165, 1.54) is 103 Å². The average Bonchev–Trinajstić information content (AvgIpc) is 3.17. The van der Waals surface area contributed by atoms with Crippen molar-refractivity contribution in [3.63, 3.8) is 0 Å². The fourth-order valence-corrected chi connectivity index (χ4v) is 6.98. The predicted molar refractivity (Wildman–Crippen MR) is 229 cm³/mol. The maximum atomic E-state index is 12.1. The zero-order chi connectivity index (χ0) is 40.3. The molecule has 0 aromatic carbocycles. The van der Waals surface area contributed by atoms with E-state index in [4.69, 9.17) is 13.8 Å². The first-order chi connectivity index (χ1) is 26.8. The number of carbonyl (C=O) groups excluding carboxylic acids is 2. The van der Waals surface area contributed by atoms with Gasteiger partial charge in [-0.3, -0.25) is 18.6 Å². The molecule has 0 heterocycles. The second-order valence-electron chi connectivity index (χ2n) is 15.0. The fourth-order valence-electron chi connectivity index (χ4n) is 6.22. The van der Waals surface area contributed by atoms with Gasteiger partial charge in [-0.15, -0.1) is 0 Å². The van der Waals surface area contributed by atoms with E-state index in [1.54, 1.807) is 0 Å². The van der Waals surface area contributed by atoms with Crippen molar-refractivity contribution in [3.8, 4) is 0 Å². The standard InChI is InChI=1S/C45H84NO8P/c1-3-5-7-9-11-13-15-17-19-20-21-22-24-26-28-30-32-34-36-38-45(49)52-41-43(47)42-54-55(50,51)53-40-39-46-44(48)37-35-33-31-29-27-25-23-18-16-14-12-10-8-6-4-2/h6,8,12,14,18,23,43,47H,3-5,7,9-11,13,15-17,19-22,24-42H2,1-2H3,(H,46,48)(H,50,51)/b8-6-,14-12-,23-18-. The van der Waals surface area contributed by atoms with Crippen molar-refractivity contribution < 1.29 is 37.9 Å². The molecule has 0 aromatic heterocycles. The molecule has 0 rings (SSSR count). The summed E-state index contributed by atoms with van der Waals surface area (Å²) in [5.74, 6) is -0.528. The van der Waals surface area contributed by atoms with Crippen LogP contribution in [-0.4, -0.2) is 54.3 Å². The monoisotopic (exact) mass is 798 g/mol. The van der Waals surface area contributed by atoms with Gasteiger partial charge >= 0.3 is 13.8 Å². The smallest absolute Gasteiger partial charge is 0.463 e. The molecule has 0 aliphatic heterocycles. The maximum Gasteiger partial charge on any atom is 0.472 e. The molecule has 0 fully saturated rings. The number of rotatable bonds is 42. The maximum absolute atomic E-state index is 12.1. The molecule has 0 saturated heterocycles. The van der Waals surface area contributed by atoms with Gasteiger partial charge in [-0.1, -0.05) is 185 Å². The van der Waals surface area contributed by atoms with Crippen molar-refractivity contribution in [3.05, 3.63) is 36.5 Å². The van der Waals surface area contributed by atoms with Crippen molar-refractivity contribution in [1.82, 2.24) is 5.32 Å². The van der Waals surface area contributed by atoms with Crippen LogP contribution in [0.5, 0.6) is 0 Å². The molecule has 0 aromatic rings. The van der Waals surface area contributed by atoms with Gasteiger partial charge < -0.3 is 20.1 Å². The van der Waals surface area contributed by atoms with Gasteiger partial charge in [0, 0.05) is 19.4 Å². The number of phosphoric acid groups is 1. The average molecular weight is 798 g/mol. The van der Waals surface area contributed by atoms with Crippen molar-refractivity contribution in [2.24, 2.45) is 0 Å². The summed E-state index contributed by atoms with van der Waals surface area (Å²) in [5, 5.41) is 12.7. The van der Waals surface area contributed by atoms with Crippen LogP contribution in [0.15, 0.2) is 36.5 Å². The van der Waals surface area contributed by atoms with E-state index in [9.17, 15) is 24.2 Å². The van der Waals surface area contributed by atoms with E-state index in [2.05, 4.69) is 55.6 Å². The van der Waals surface area contributed by atoms with E-state index in [0.717, 1.165) is 77.0 Å². The Morgan fingerprint density at radius 3 is 1.56 bits per heavy atom. The fraction of sp³-hybridized carbons (Fsp3) is 0.822. The molecule has 0 radical (unpaired) electrons. The van der Waals surface area contributed by atoms with Crippen LogP contribution in [0.1, 0.15) is 206 Å². The first-order valence-corrected chi connectivity index (χ1v) is 24.0. The number of aliphatic hydroxyl groups is 1. The molecule has 0 bridgehead atoms. The van der Waals surface area contributed by atoms with E-state index in [1.807, 2.05) is 0 Å². The molecule has 0 spiro atoms. The third kappa shape index (κ3) is 43.2. The van der Waals surface area contributed by atoms with Crippen molar-refractivity contribution in [2.45, 2.75) is 213 Å². The Bertz CT molecular complexity index is 1000. The van der Waals surface area contributed by atoms with Gasteiger partial charge in [0.2, 0.25) is 5.91 Å². The van der Waals surface area contributed by atoms with Gasteiger partial charge in [-0.05, 0) is 44.9 Å². The van der Waals surface area contributed by atoms with Crippen LogP contribution >= 0.6 is 7.82 Å². The number of nitrogens with one attached hydrogen (secondary N) is 1. The summed E-state index contributed by atoms with van der Waals surface area (Å²) in [7, 11) is -4.42. The number of allylic oxidation sites excluding steroid dienone is 6. The van der Waals surface area contributed by atoms with E-state index in [-0.39, 0.29) is 32.1 Å². The van der Waals surface area contributed by atoms with Gasteiger partial charge in [0.15, 0.2) is 0 Å². The summed E-state index contributed by atoms with van der Waals surface area (Å²) in [6.07, 6.45) is 46.5. The highest BCUT2D eigenvalue weighted by Crippen LogP contribution is 2.42. The lowest BCUT2D eigenvalue weighted by atomic mass is 10.0. The summed E-state index contributed by atoms with van der Waals surface area (Å²) in [4.78, 5) is 33.9. The number of phosphoric ester groups is 1. The Morgan fingerprint density at radius 1 is 0.582 bits per heavy atom. The summed E-state index contributed by atoms with van der Waals surface area (Å²) in [6.45, 7) is 3.44. The number of aliphatic hydroxyl groups excluding tert-OH is 1. The zero-order valence-corrected chi connectivity index (χ0v) is 36.3. The first-order valence-electron chi connectivity index (χ1n) is 22.5. The van der Waals surface area contributed by atoms with Crippen molar-refractivity contribution in [2.75, 3.05) is 26.4 Å². The molecular weight excluding hydrogens is 713 g/mol. The summed E-state index contributed by atoms with van der Waals surface area (Å²) in [5.41, 5.74) is 0. The van der Waals surface area contributed by atoms with Gasteiger partial charge in [0.05, 0.1) is 13.2 Å². The number of carbonyl (C=O) groups is 2. The zero-order valence-electron chi connectivity index (χ0n) is 35.4. The molecule has 2 unspecified atom stereocenters. The molecule has 9 nitrogen and oxygen atoms in total. The highest BCUT2D eigenvalue weighted by atomic mass is 31.2. The molecule has 0 aliphatic rings. The Hall–Kier alpha value is -1.77. The van der Waals surface area contributed by atoms with Crippen molar-refractivity contribution in [1.29, 1.82) is 0 Å². The highest BCUT2D eigenvalue weighted by molar-refractivity contribution is 7.47. The van der Waals surface area contributed by atoms with E-state index < -0.39 is 26.5 Å². The lowest BCUT2D eigenvalue weighted by Crippen LogP contribution is -2.27. The minimum atomic E-state index is -4.42. The molecule has 322 valence electrons. The molecule has 10 heteroatoms. The lowest BCUT2D eigenvalue weighted by Gasteiger charge is -2.15. The molecular formula is C45H84NO8P. The van der Waals surface area contributed by atoms with Crippen LogP contribution in [0, 0.1) is 0 Å². The first kappa shape index (κ1) is 53.2. The summed E-state index contributed by atoms with van der Waals surface area (Å²) >= 11 is 0. The third-order valence-corrected chi connectivity index (χ3v) is 10.6. The topological polar surface area (TPSA) is 131 Å². The number of amides is 1. The second-order valence-corrected chi connectivity index (χ2v) is 16.5. The van der Waals surface area contributed by atoms with Crippen LogP contribution in [0.25, 0.3) is 0 Å². The van der Waals surface area contributed by atoms with Gasteiger partial charge in [-0.2, -0.15) is 0 Å². The van der Waals surface area contributed by atoms with Gasteiger partial charge in [0.25, 0.3) is 0 Å². The van der Waals surface area contributed by atoms with Gasteiger partial charge in [0.1, 0.15) is 12.7 Å². The lowest BCUT2D eigenvalue weighted by molar-refractivity contribution is -0.147. The van der Waals surface area contributed by atoms with Crippen LogP contribution in [0.3, 0.4) is 0 Å². The van der Waals surface area contributed by atoms with Crippen LogP contribution in [0.4, 0.5) is 0 Å². The van der Waals surface area contributed by atoms with Crippen LogP contribution in [-0.2, 0) is 27.9 Å². The number of ether oxygens (including phenoxy) is 1. The SMILES string of the molecule is CC/C=C\C/C=C\C/C=C\CCCCCCCC(=O)NCCOP(=O)(O)OCC(O)COC(=O)CCCCCCCCCCCCCCCCCCCCC. The number of hydrogen-bond acceptors (Lipinski definition) is 7. The quantitative estimate of drug-likeness (QED) is 0.0241.